The van der Waals surface area contributed by atoms with Crippen molar-refractivity contribution in [3.8, 4) is 0 Å². The molecular formula is C14H16N4. The van der Waals surface area contributed by atoms with E-state index in [2.05, 4.69) is 33.6 Å². The minimum atomic E-state index is 0.690. The first-order chi connectivity index (χ1) is 8.92. The predicted molar refractivity (Wildman–Crippen MR) is 71.9 cm³/mol. The van der Waals surface area contributed by atoms with E-state index in [0.717, 1.165) is 29.8 Å². The largest absolute Gasteiger partial charge is 0.317 e. The normalized spacial score (nSPS) is 17.8. The van der Waals surface area contributed by atoms with E-state index < -0.39 is 0 Å². The van der Waals surface area contributed by atoms with Gasteiger partial charge < -0.3 is 5.32 Å². The van der Waals surface area contributed by atoms with Crippen molar-refractivity contribution in [3.05, 3.63) is 36.0 Å². The topological polar surface area (TPSA) is 45.1 Å². The molecule has 1 saturated heterocycles. The molecule has 92 valence electrons. The van der Waals surface area contributed by atoms with E-state index in [1.165, 1.54) is 18.4 Å². The van der Waals surface area contributed by atoms with Crippen LogP contribution in [0.15, 0.2) is 30.5 Å². The number of imidazole rings is 1. The summed E-state index contributed by atoms with van der Waals surface area (Å²) < 4.78 is 2.03. The molecule has 4 rings (SSSR count). The van der Waals surface area contributed by atoms with Gasteiger partial charge in [0.25, 0.3) is 0 Å². The van der Waals surface area contributed by atoms with E-state index in [0.29, 0.717) is 5.92 Å². The zero-order valence-corrected chi connectivity index (χ0v) is 10.2. The van der Waals surface area contributed by atoms with Crippen molar-refractivity contribution in [1.29, 1.82) is 0 Å². The molecule has 0 atom stereocenters. The van der Waals surface area contributed by atoms with Crippen LogP contribution >= 0.6 is 0 Å². The van der Waals surface area contributed by atoms with Crippen molar-refractivity contribution < 1.29 is 0 Å². The molecule has 0 saturated carbocycles. The molecule has 4 heteroatoms. The molecule has 1 aromatic carbocycles. The number of nitrogens with one attached hydrogen (secondary N) is 2. The predicted octanol–water partition coefficient (Wildman–Crippen LogP) is 2.28. The maximum absolute atomic E-state index is 4.65. The van der Waals surface area contributed by atoms with Gasteiger partial charge in [0.1, 0.15) is 0 Å². The van der Waals surface area contributed by atoms with Gasteiger partial charge in [0.15, 0.2) is 5.65 Å². The molecule has 4 nitrogen and oxygen atoms in total. The SMILES string of the molecule is c1cc2nc3cc(C4CCNCC4)ccc3n2[nH]1. The second-order valence-electron chi connectivity index (χ2n) is 5.04. The summed E-state index contributed by atoms with van der Waals surface area (Å²) in [5.74, 6) is 0.690. The molecule has 2 N–H and O–H groups in total. The number of aromatic amines is 1. The Morgan fingerprint density at radius 2 is 2.06 bits per heavy atom. The summed E-state index contributed by atoms with van der Waals surface area (Å²) in [6, 6.07) is 8.70. The maximum atomic E-state index is 4.65. The number of aromatic nitrogens is 3. The fraction of sp³-hybridized carbons (Fsp3) is 0.357. The van der Waals surface area contributed by atoms with Crippen LogP contribution in [0.1, 0.15) is 24.3 Å². The van der Waals surface area contributed by atoms with E-state index in [1.807, 2.05) is 16.8 Å². The van der Waals surface area contributed by atoms with Gasteiger partial charge in [-0.05, 0) is 49.5 Å². The van der Waals surface area contributed by atoms with E-state index in [4.69, 9.17) is 0 Å². The minimum absolute atomic E-state index is 0.690. The summed E-state index contributed by atoms with van der Waals surface area (Å²) in [6.45, 7) is 2.26. The van der Waals surface area contributed by atoms with E-state index >= 15 is 0 Å². The van der Waals surface area contributed by atoms with E-state index in [-0.39, 0.29) is 0 Å². The highest BCUT2D eigenvalue weighted by molar-refractivity contribution is 5.80. The first kappa shape index (κ1) is 10.1. The van der Waals surface area contributed by atoms with Crippen LogP contribution in [0.25, 0.3) is 16.7 Å². The standard InChI is InChI=1S/C14H16N4/c1-2-13-12(17-14-5-8-16-18(13)14)9-11(1)10-3-6-15-7-4-10/h1-2,5,8-10,15-16H,3-4,6-7H2. The Kier molecular flexibility index (Phi) is 2.17. The summed E-state index contributed by atoms with van der Waals surface area (Å²) in [6.07, 6.45) is 4.39. The van der Waals surface area contributed by atoms with Crippen LogP contribution in [-0.4, -0.2) is 27.7 Å². The molecule has 3 heterocycles. The van der Waals surface area contributed by atoms with Gasteiger partial charge in [0.05, 0.1) is 11.0 Å². The molecule has 0 aliphatic carbocycles. The number of rotatable bonds is 1. The van der Waals surface area contributed by atoms with Gasteiger partial charge in [0.2, 0.25) is 0 Å². The third-order valence-corrected chi connectivity index (χ3v) is 3.95. The lowest BCUT2D eigenvalue weighted by atomic mass is 9.90. The number of fused-ring (bicyclic) bond motifs is 3. The van der Waals surface area contributed by atoms with Crippen LogP contribution in [0.3, 0.4) is 0 Å². The molecule has 1 aliphatic heterocycles. The number of benzene rings is 1. The second-order valence-corrected chi connectivity index (χ2v) is 5.04. The van der Waals surface area contributed by atoms with Gasteiger partial charge in [0, 0.05) is 12.3 Å². The average Bonchev–Trinajstić information content (AvgIpc) is 2.99. The molecule has 3 aromatic rings. The fourth-order valence-electron chi connectivity index (χ4n) is 2.96. The lowest BCUT2D eigenvalue weighted by Gasteiger charge is -2.22. The highest BCUT2D eigenvalue weighted by Crippen LogP contribution is 2.28. The van der Waals surface area contributed by atoms with Crippen molar-refractivity contribution in [2.75, 3.05) is 13.1 Å². The van der Waals surface area contributed by atoms with Crippen LogP contribution in [0, 0.1) is 0 Å². The summed E-state index contributed by atoms with van der Waals surface area (Å²) in [5, 5.41) is 6.60. The molecule has 0 unspecified atom stereocenters. The van der Waals surface area contributed by atoms with Gasteiger partial charge in [-0.15, -0.1) is 0 Å². The number of nitrogens with zero attached hydrogens (tertiary/aromatic N) is 2. The molecule has 2 aromatic heterocycles. The van der Waals surface area contributed by atoms with Gasteiger partial charge in [-0.25, -0.2) is 9.50 Å². The van der Waals surface area contributed by atoms with Crippen molar-refractivity contribution in [2.24, 2.45) is 0 Å². The van der Waals surface area contributed by atoms with Crippen LogP contribution in [0.5, 0.6) is 0 Å². The highest BCUT2D eigenvalue weighted by Gasteiger charge is 2.16. The van der Waals surface area contributed by atoms with Crippen LogP contribution in [0.2, 0.25) is 0 Å². The minimum Gasteiger partial charge on any atom is -0.317 e. The smallest absolute Gasteiger partial charge is 0.154 e. The Hall–Kier alpha value is -1.81. The Balaban J connectivity index is 1.82. The van der Waals surface area contributed by atoms with Crippen molar-refractivity contribution in [3.63, 3.8) is 0 Å². The quantitative estimate of drug-likeness (QED) is 0.685. The Morgan fingerprint density at radius 1 is 1.17 bits per heavy atom. The molecule has 0 amide bonds. The average molecular weight is 240 g/mol. The van der Waals surface area contributed by atoms with Crippen LogP contribution in [0.4, 0.5) is 0 Å². The van der Waals surface area contributed by atoms with Crippen molar-refractivity contribution in [2.45, 2.75) is 18.8 Å². The molecule has 1 aliphatic rings. The number of piperidine rings is 1. The summed E-state index contributed by atoms with van der Waals surface area (Å²) in [7, 11) is 0. The number of hydrogen-bond acceptors (Lipinski definition) is 2. The summed E-state index contributed by atoms with van der Waals surface area (Å²) in [4.78, 5) is 4.65. The fourth-order valence-corrected chi connectivity index (χ4v) is 2.96. The molecule has 18 heavy (non-hydrogen) atoms. The molecule has 0 radical (unpaired) electrons. The highest BCUT2D eigenvalue weighted by atomic mass is 15.3. The summed E-state index contributed by atoms with van der Waals surface area (Å²) >= 11 is 0. The Morgan fingerprint density at radius 3 is 2.94 bits per heavy atom. The van der Waals surface area contributed by atoms with Crippen molar-refractivity contribution >= 4 is 16.7 Å². The van der Waals surface area contributed by atoms with Crippen LogP contribution < -0.4 is 5.32 Å². The van der Waals surface area contributed by atoms with Gasteiger partial charge in [-0.2, -0.15) is 0 Å². The van der Waals surface area contributed by atoms with E-state index in [1.54, 1.807) is 0 Å². The van der Waals surface area contributed by atoms with Gasteiger partial charge >= 0.3 is 0 Å². The molecule has 1 fully saturated rings. The summed E-state index contributed by atoms with van der Waals surface area (Å²) in [5.41, 5.74) is 4.68. The molecule has 0 spiro atoms. The Labute approximate surface area is 105 Å². The molecule has 0 bridgehead atoms. The third-order valence-electron chi connectivity index (χ3n) is 3.95. The van der Waals surface area contributed by atoms with Crippen molar-refractivity contribution in [1.82, 2.24) is 19.9 Å². The first-order valence-corrected chi connectivity index (χ1v) is 6.58. The lowest BCUT2D eigenvalue weighted by Crippen LogP contribution is -2.26. The lowest BCUT2D eigenvalue weighted by molar-refractivity contribution is 0.460. The zero-order chi connectivity index (χ0) is 11.9. The van der Waals surface area contributed by atoms with E-state index in [9.17, 15) is 0 Å². The second kappa shape index (κ2) is 3.85. The third kappa shape index (κ3) is 1.46. The Bertz CT molecular complexity index is 688. The first-order valence-electron chi connectivity index (χ1n) is 6.58. The van der Waals surface area contributed by atoms with Crippen LogP contribution in [-0.2, 0) is 0 Å². The zero-order valence-electron chi connectivity index (χ0n) is 10.2. The maximum Gasteiger partial charge on any atom is 0.154 e. The van der Waals surface area contributed by atoms with Gasteiger partial charge in [-0.3, -0.25) is 5.10 Å². The number of H-pyrrole nitrogens is 1. The monoisotopic (exact) mass is 240 g/mol. The molecular weight excluding hydrogens is 224 g/mol. The number of hydrogen-bond donors (Lipinski definition) is 2. The van der Waals surface area contributed by atoms with Gasteiger partial charge in [-0.1, -0.05) is 6.07 Å².